The molecule has 0 spiro atoms. The summed E-state index contributed by atoms with van der Waals surface area (Å²) in [5.74, 6) is 0. The van der Waals surface area contributed by atoms with Crippen LogP contribution in [0.3, 0.4) is 0 Å². The van der Waals surface area contributed by atoms with Crippen LogP contribution in [-0.2, 0) is 0 Å². The highest BCUT2D eigenvalue weighted by Gasteiger charge is 2.19. The summed E-state index contributed by atoms with van der Waals surface area (Å²) in [5.41, 5.74) is -0.559. The van der Waals surface area contributed by atoms with Gasteiger partial charge in [-0.1, -0.05) is 20.8 Å². The summed E-state index contributed by atoms with van der Waals surface area (Å²) < 4.78 is 0. The molecular weight excluding hydrogens is 152 g/mol. The summed E-state index contributed by atoms with van der Waals surface area (Å²) >= 11 is 0. The molecule has 0 aliphatic carbocycles. The summed E-state index contributed by atoms with van der Waals surface area (Å²) in [6.07, 6.45) is 2.74. The van der Waals surface area contributed by atoms with Crippen molar-refractivity contribution < 1.29 is 10.2 Å². The van der Waals surface area contributed by atoms with Crippen LogP contribution in [0.2, 0.25) is 0 Å². The monoisotopic (exact) mass is 174 g/mol. The average Bonchev–Trinajstić information content (AvgIpc) is 1.84. The molecule has 1 atom stereocenters. The molecule has 0 aliphatic rings. The van der Waals surface area contributed by atoms with Gasteiger partial charge in [0.15, 0.2) is 0 Å². The van der Waals surface area contributed by atoms with Crippen molar-refractivity contribution in [1.82, 2.24) is 0 Å². The van der Waals surface area contributed by atoms with Crippen LogP contribution in [0.4, 0.5) is 0 Å². The molecule has 12 heavy (non-hydrogen) atoms. The van der Waals surface area contributed by atoms with E-state index < -0.39 is 5.60 Å². The molecule has 2 heteroatoms. The van der Waals surface area contributed by atoms with Gasteiger partial charge in [0.25, 0.3) is 0 Å². The van der Waals surface area contributed by atoms with Crippen LogP contribution in [0.5, 0.6) is 0 Å². The first kappa shape index (κ1) is 11.9. The normalized spacial score (nSPS) is 17.5. The third kappa shape index (κ3) is 6.62. The molecule has 0 aromatic rings. The van der Waals surface area contributed by atoms with Crippen molar-refractivity contribution in [3.05, 3.63) is 0 Å². The minimum absolute atomic E-state index is 0.142. The van der Waals surface area contributed by atoms with E-state index in [1.54, 1.807) is 6.92 Å². The third-order valence-corrected chi connectivity index (χ3v) is 1.98. The van der Waals surface area contributed by atoms with Gasteiger partial charge in [0.05, 0.1) is 12.2 Å². The molecule has 0 heterocycles. The smallest absolute Gasteiger partial charge is 0.0849 e. The van der Waals surface area contributed by atoms with Gasteiger partial charge in [0, 0.05) is 0 Å². The van der Waals surface area contributed by atoms with E-state index in [1.165, 1.54) is 0 Å². The van der Waals surface area contributed by atoms with Gasteiger partial charge in [-0.3, -0.25) is 0 Å². The van der Waals surface area contributed by atoms with Crippen LogP contribution in [0.1, 0.15) is 47.0 Å². The quantitative estimate of drug-likeness (QED) is 0.684. The fraction of sp³-hybridized carbons (Fsp3) is 1.00. The maximum absolute atomic E-state index is 9.47. The summed E-state index contributed by atoms with van der Waals surface area (Å²) in [6, 6.07) is 0. The summed E-state index contributed by atoms with van der Waals surface area (Å²) in [7, 11) is 0. The second-order valence-electron chi connectivity index (χ2n) is 5.07. The molecular formula is C10H22O2. The Morgan fingerprint density at radius 2 is 1.50 bits per heavy atom. The second-order valence-corrected chi connectivity index (χ2v) is 5.07. The van der Waals surface area contributed by atoms with Crippen molar-refractivity contribution in [3.8, 4) is 0 Å². The molecule has 0 amide bonds. The lowest BCUT2D eigenvalue weighted by molar-refractivity contribution is -0.00834. The molecule has 0 rings (SSSR count). The van der Waals surface area contributed by atoms with Gasteiger partial charge in [-0.25, -0.2) is 0 Å². The number of hydrogen-bond acceptors (Lipinski definition) is 2. The van der Waals surface area contributed by atoms with Gasteiger partial charge >= 0.3 is 0 Å². The summed E-state index contributed by atoms with van der Waals surface area (Å²) in [6.45, 7) is 8.08. The van der Waals surface area contributed by atoms with E-state index in [2.05, 4.69) is 20.8 Å². The molecule has 74 valence electrons. The first-order chi connectivity index (χ1) is 5.27. The van der Waals surface area contributed by atoms with Gasteiger partial charge in [0.1, 0.15) is 0 Å². The van der Waals surface area contributed by atoms with Crippen molar-refractivity contribution in [2.24, 2.45) is 5.41 Å². The largest absolute Gasteiger partial charge is 0.393 e. The predicted molar refractivity (Wildman–Crippen MR) is 51.0 cm³/mol. The lowest BCUT2D eigenvalue weighted by Gasteiger charge is -2.23. The molecule has 2 N–H and O–H groups in total. The molecule has 0 aromatic heterocycles. The summed E-state index contributed by atoms with van der Waals surface area (Å²) in [5, 5.41) is 18.2. The molecule has 0 saturated heterocycles. The first-order valence-corrected chi connectivity index (χ1v) is 4.60. The van der Waals surface area contributed by atoms with Crippen molar-refractivity contribution >= 4 is 0 Å². The highest BCUT2D eigenvalue weighted by atomic mass is 16.3. The van der Waals surface area contributed by atoms with Crippen LogP contribution in [0, 0.1) is 5.41 Å². The third-order valence-electron chi connectivity index (χ3n) is 1.98. The Balaban J connectivity index is 3.57. The fourth-order valence-corrected chi connectivity index (χ4v) is 1.08. The Bertz CT molecular complexity index is 122. The Kier molecular flexibility index (Phi) is 4.21. The predicted octanol–water partition coefficient (Wildman–Crippen LogP) is 1.95. The van der Waals surface area contributed by atoms with E-state index in [9.17, 15) is 5.11 Å². The van der Waals surface area contributed by atoms with Crippen LogP contribution >= 0.6 is 0 Å². The Morgan fingerprint density at radius 1 is 1.00 bits per heavy atom. The van der Waals surface area contributed by atoms with Crippen LogP contribution in [0.25, 0.3) is 0 Å². The Morgan fingerprint density at radius 3 is 1.83 bits per heavy atom. The highest BCUT2D eigenvalue weighted by Crippen LogP contribution is 2.24. The minimum atomic E-state index is -0.884. The number of aliphatic hydroxyl groups excluding tert-OH is 1. The zero-order valence-corrected chi connectivity index (χ0v) is 8.72. The number of hydrogen-bond donors (Lipinski definition) is 2. The van der Waals surface area contributed by atoms with E-state index in [0.717, 1.165) is 12.8 Å². The van der Waals surface area contributed by atoms with E-state index >= 15 is 0 Å². The van der Waals surface area contributed by atoms with Crippen molar-refractivity contribution in [2.75, 3.05) is 6.61 Å². The molecule has 0 bridgehead atoms. The van der Waals surface area contributed by atoms with Gasteiger partial charge in [0.2, 0.25) is 0 Å². The van der Waals surface area contributed by atoms with E-state index in [1.807, 2.05) is 0 Å². The van der Waals surface area contributed by atoms with Gasteiger partial charge in [-0.2, -0.15) is 0 Å². The van der Waals surface area contributed by atoms with Crippen LogP contribution in [0.15, 0.2) is 0 Å². The SMILES string of the molecule is CC(C)(C)CCC[C@](C)(O)CO. The molecule has 2 nitrogen and oxygen atoms in total. The number of aliphatic hydroxyl groups is 2. The Labute approximate surface area is 75.6 Å². The molecule has 0 saturated carbocycles. The fourth-order valence-electron chi connectivity index (χ4n) is 1.08. The number of rotatable bonds is 4. The lowest BCUT2D eigenvalue weighted by Crippen LogP contribution is -2.29. The Hall–Kier alpha value is -0.0800. The van der Waals surface area contributed by atoms with Crippen molar-refractivity contribution in [3.63, 3.8) is 0 Å². The molecule has 0 fully saturated rings. The van der Waals surface area contributed by atoms with Gasteiger partial charge in [-0.15, -0.1) is 0 Å². The maximum atomic E-state index is 9.47. The topological polar surface area (TPSA) is 40.5 Å². The maximum Gasteiger partial charge on any atom is 0.0849 e. The molecule has 0 aliphatic heterocycles. The van der Waals surface area contributed by atoms with E-state index in [4.69, 9.17) is 5.11 Å². The van der Waals surface area contributed by atoms with E-state index in [-0.39, 0.29) is 6.61 Å². The second kappa shape index (κ2) is 4.24. The summed E-state index contributed by atoms with van der Waals surface area (Å²) in [4.78, 5) is 0. The van der Waals surface area contributed by atoms with Gasteiger partial charge in [-0.05, 0) is 31.6 Å². The highest BCUT2D eigenvalue weighted by molar-refractivity contribution is 4.72. The lowest BCUT2D eigenvalue weighted by atomic mass is 9.87. The molecule has 0 aromatic carbocycles. The average molecular weight is 174 g/mol. The van der Waals surface area contributed by atoms with Crippen molar-refractivity contribution in [2.45, 2.75) is 52.6 Å². The first-order valence-electron chi connectivity index (χ1n) is 4.60. The van der Waals surface area contributed by atoms with Gasteiger partial charge < -0.3 is 10.2 Å². The standard InChI is InChI=1S/C10H22O2/c1-9(2,3)6-5-7-10(4,12)8-11/h11-12H,5-8H2,1-4H3/t10-/m0/s1. The van der Waals surface area contributed by atoms with E-state index in [0.29, 0.717) is 11.8 Å². The minimum Gasteiger partial charge on any atom is -0.393 e. The molecule has 0 unspecified atom stereocenters. The van der Waals surface area contributed by atoms with Crippen LogP contribution < -0.4 is 0 Å². The molecule has 0 radical (unpaired) electrons. The van der Waals surface area contributed by atoms with Crippen LogP contribution in [-0.4, -0.2) is 22.4 Å². The zero-order chi connectivity index (χ0) is 9.83. The zero-order valence-electron chi connectivity index (χ0n) is 8.72. The van der Waals surface area contributed by atoms with Crippen molar-refractivity contribution in [1.29, 1.82) is 0 Å².